The van der Waals surface area contributed by atoms with E-state index in [4.69, 9.17) is 4.74 Å². The van der Waals surface area contributed by atoms with Crippen molar-refractivity contribution in [3.63, 3.8) is 0 Å². The number of nitrogens with zero attached hydrogens (tertiary/aromatic N) is 2. The van der Waals surface area contributed by atoms with Crippen LogP contribution in [-0.4, -0.2) is 59.7 Å². The van der Waals surface area contributed by atoms with E-state index in [9.17, 15) is 27.6 Å². The molecule has 0 unspecified atom stereocenters. The van der Waals surface area contributed by atoms with Crippen LogP contribution in [0.25, 0.3) is 6.08 Å². The Hall–Kier alpha value is -2.33. The summed E-state index contributed by atoms with van der Waals surface area (Å²) in [6.07, 6.45) is -3.28. The van der Waals surface area contributed by atoms with Crippen LogP contribution in [0.4, 0.5) is 18.0 Å². The standard InChI is InChI=1S/C17H15F3N2O4S/c18-17(19,20)12-3-1-2-11(8-12)9-13-15(24)22(16(25)27-13)10-14(23)21-4-6-26-7-5-21/h1-3,8-9H,4-7,10H2/b13-9-. The highest BCUT2D eigenvalue weighted by molar-refractivity contribution is 8.18. The van der Waals surface area contributed by atoms with Gasteiger partial charge < -0.3 is 9.64 Å². The summed E-state index contributed by atoms with van der Waals surface area (Å²) in [4.78, 5) is 39.0. The van der Waals surface area contributed by atoms with Gasteiger partial charge in [-0.25, -0.2) is 0 Å². The van der Waals surface area contributed by atoms with Crippen LogP contribution in [0.3, 0.4) is 0 Å². The van der Waals surface area contributed by atoms with Crippen LogP contribution >= 0.6 is 11.8 Å². The molecule has 0 radical (unpaired) electrons. The lowest BCUT2D eigenvalue weighted by molar-refractivity contribution is -0.139. The van der Waals surface area contributed by atoms with Gasteiger partial charge in [-0.05, 0) is 35.5 Å². The number of amides is 3. The number of imide groups is 1. The summed E-state index contributed by atoms with van der Waals surface area (Å²) in [5.74, 6) is -1.06. The fraction of sp³-hybridized carbons (Fsp3) is 0.353. The topological polar surface area (TPSA) is 66.9 Å². The number of halogens is 3. The van der Waals surface area contributed by atoms with Gasteiger partial charge in [-0.15, -0.1) is 0 Å². The van der Waals surface area contributed by atoms with Crippen LogP contribution in [-0.2, 0) is 20.5 Å². The number of ether oxygens (including phenoxy) is 1. The molecule has 0 atom stereocenters. The maximum Gasteiger partial charge on any atom is 0.416 e. The molecular weight excluding hydrogens is 385 g/mol. The Morgan fingerprint density at radius 1 is 1.22 bits per heavy atom. The monoisotopic (exact) mass is 400 g/mol. The van der Waals surface area contributed by atoms with Gasteiger partial charge in [-0.3, -0.25) is 19.3 Å². The van der Waals surface area contributed by atoms with Crippen LogP contribution < -0.4 is 0 Å². The summed E-state index contributed by atoms with van der Waals surface area (Å²) >= 11 is 0.600. The zero-order valence-corrected chi connectivity index (χ0v) is 14.8. The second kappa shape index (κ2) is 7.73. The number of hydrogen-bond acceptors (Lipinski definition) is 5. The molecule has 2 fully saturated rings. The molecule has 0 aliphatic carbocycles. The highest BCUT2D eigenvalue weighted by Gasteiger charge is 2.37. The van der Waals surface area contributed by atoms with Gasteiger partial charge in [-0.2, -0.15) is 13.2 Å². The van der Waals surface area contributed by atoms with E-state index >= 15 is 0 Å². The lowest BCUT2D eigenvalue weighted by atomic mass is 10.1. The summed E-state index contributed by atoms with van der Waals surface area (Å²) in [5.41, 5.74) is -0.701. The number of carbonyl (C=O) groups is 3. The molecule has 0 aromatic heterocycles. The maximum atomic E-state index is 12.8. The Morgan fingerprint density at radius 3 is 2.59 bits per heavy atom. The molecule has 2 heterocycles. The normalized spacial score (nSPS) is 19.9. The number of alkyl halides is 3. The molecule has 0 spiro atoms. The highest BCUT2D eigenvalue weighted by atomic mass is 32.2. The van der Waals surface area contributed by atoms with Gasteiger partial charge in [-0.1, -0.05) is 12.1 Å². The van der Waals surface area contributed by atoms with Crippen molar-refractivity contribution in [1.29, 1.82) is 0 Å². The van der Waals surface area contributed by atoms with Crippen LogP contribution in [0.2, 0.25) is 0 Å². The molecule has 1 aromatic carbocycles. The first-order chi connectivity index (χ1) is 12.8. The molecule has 3 amide bonds. The second-order valence-electron chi connectivity index (χ2n) is 5.88. The van der Waals surface area contributed by atoms with Gasteiger partial charge in [0.15, 0.2) is 0 Å². The van der Waals surface area contributed by atoms with E-state index in [0.717, 1.165) is 17.0 Å². The van der Waals surface area contributed by atoms with Crippen molar-refractivity contribution in [2.24, 2.45) is 0 Å². The first-order valence-electron chi connectivity index (χ1n) is 8.04. The quantitative estimate of drug-likeness (QED) is 0.730. The Balaban J connectivity index is 1.74. The fourth-order valence-electron chi connectivity index (χ4n) is 2.64. The lowest BCUT2D eigenvalue weighted by Gasteiger charge is -2.28. The third-order valence-electron chi connectivity index (χ3n) is 4.04. The average molecular weight is 400 g/mol. The molecule has 27 heavy (non-hydrogen) atoms. The van der Waals surface area contributed by atoms with Gasteiger partial charge >= 0.3 is 6.18 Å². The van der Waals surface area contributed by atoms with Crippen molar-refractivity contribution >= 4 is 34.9 Å². The molecule has 0 N–H and O–H groups in total. The number of thioether (sulfide) groups is 1. The molecule has 144 valence electrons. The van der Waals surface area contributed by atoms with Crippen LogP contribution in [0.5, 0.6) is 0 Å². The molecule has 2 aliphatic heterocycles. The first kappa shape index (κ1) is 19.4. The zero-order valence-electron chi connectivity index (χ0n) is 14.0. The van der Waals surface area contributed by atoms with Crippen molar-refractivity contribution in [1.82, 2.24) is 9.80 Å². The number of morpholine rings is 1. The van der Waals surface area contributed by atoms with E-state index in [1.54, 1.807) is 0 Å². The van der Waals surface area contributed by atoms with Crippen LogP contribution in [0.15, 0.2) is 29.2 Å². The van der Waals surface area contributed by atoms with Gasteiger partial charge in [0.25, 0.3) is 11.1 Å². The highest BCUT2D eigenvalue weighted by Crippen LogP contribution is 2.34. The zero-order chi connectivity index (χ0) is 19.6. The van der Waals surface area contributed by atoms with Gasteiger partial charge in [0.2, 0.25) is 5.91 Å². The van der Waals surface area contributed by atoms with E-state index < -0.39 is 29.4 Å². The third kappa shape index (κ3) is 4.51. The SMILES string of the molecule is O=C(CN1C(=O)S/C(=C\c2cccc(C(F)(F)F)c2)C1=O)N1CCOCC1. The summed E-state index contributed by atoms with van der Waals surface area (Å²) in [5, 5.41) is -0.625. The smallest absolute Gasteiger partial charge is 0.378 e. The minimum absolute atomic E-state index is 0.0194. The van der Waals surface area contributed by atoms with Crippen LogP contribution in [0.1, 0.15) is 11.1 Å². The molecule has 0 saturated carbocycles. The van der Waals surface area contributed by atoms with E-state index in [-0.39, 0.29) is 16.4 Å². The largest absolute Gasteiger partial charge is 0.416 e. The van der Waals surface area contributed by atoms with Gasteiger partial charge in [0.05, 0.1) is 23.7 Å². The van der Waals surface area contributed by atoms with Gasteiger partial charge in [0.1, 0.15) is 6.54 Å². The third-order valence-corrected chi connectivity index (χ3v) is 4.95. The number of hydrogen-bond donors (Lipinski definition) is 0. The maximum absolute atomic E-state index is 12.8. The fourth-order valence-corrected chi connectivity index (χ4v) is 3.48. The number of carbonyl (C=O) groups excluding carboxylic acids is 3. The van der Waals surface area contributed by atoms with E-state index in [1.165, 1.54) is 23.1 Å². The molecule has 1 aromatic rings. The molecule has 6 nitrogen and oxygen atoms in total. The summed E-state index contributed by atoms with van der Waals surface area (Å²) in [6, 6.07) is 4.44. The summed E-state index contributed by atoms with van der Waals surface area (Å²) in [6.45, 7) is 1.15. The van der Waals surface area contributed by atoms with Crippen molar-refractivity contribution in [2.45, 2.75) is 6.18 Å². The Kier molecular flexibility index (Phi) is 5.56. The second-order valence-corrected chi connectivity index (χ2v) is 6.88. The van der Waals surface area contributed by atoms with E-state index in [0.29, 0.717) is 38.1 Å². The number of benzene rings is 1. The Morgan fingerprint density at radius 2 is 1.93 bits per heavy atom. The van der Waals surface area contributed by atoms with Crippen molar-refractivity contribution in [3.05, 3.63) is 40.3 Å². The number of rotatable bonds is 3. The predicted octanol–water partition coefficient (Wildman–Crippen LogP) is 2.60. The Labute approximate surface area is 156 Å². The first-order valence-corrected chi connectivity index (χ1v) is 8.85. The van der Waals surface area contributed by atoms with Gasteiger partial charge in [0, 0.05) is 13.1 Å². The molecule has 0 bridgehead atoms. The molecule has 3 rings (SSSR count). The Bertz CT molecular complexity index is 804. The van der Waals surface area contributed by atoms with Crippen molar-refractivity contribution in [3.8, 4) is 0 Å². The van der Waals surface area contributed by atoms with Crippen LogP contribution in [0, 0.1) is 0 Å². The average Bonchev–Trinajstić information content (AvgIpc) is 2.89. The van der Waals surface area contributed by atoms with E-state index in [2.05, 4.69) is 0 Å². The minimum Gasteiger partial charge on any atom is -0.378 e. The summed E-state index contributed by atoms with van der Waals surface area (Å²) in [7, 11) is 0. The molecule has 2 aliphatic rings. The molecule has 2 saturated heterocycles. The minimum atomic E-state index is -4.51. The van der Waals surface area contributed by atoms with Crippen molar-refractivity contribution in [2.75, 3.05) is 32.8 Å². The molecule has 10 heteroatoms. The van der Waals surface area contributed by atoms with Crippen molar-refractivity contribution < 1.29 is 32.3 Å². The summed E-state index contributed by atoms with van der Waals surface area (Å²) < 4.78 is 43.5. The molecular formula is C17H15F3N2O4S. The predicted molar refractivity (Wildman–Crippen MR) is 91.5 cm³/mol. The lowest BCUT2D eigenvalue weighted by Crippen LogP contribution is -2.46. The van der Waals surface area contributed by atoms with E-state index in [1.807, 2.05) is 0 Å².